The Labute approximate surface area is 153 Å². The molecule has 0 bridgehead atoms. The van der Waals surface area contributed by atoms with E-state index in [1.165, 1.54) is 33.3 Å². The van der Waals surface area contributed by atoms with Gasteiger partial charge in [0.25, 0.3) is 11.5 Å². The normalized spacial score (nSPS) is 10.3. The van der Waals surface area contributed by atoms with Crippen LogP contribution in [0.4, 0.5) is 11.5 Å². The highest BCUT2D eigenvalue weighted by molar-refractivity contribution is 6.44. The molecule has 1 amide bonds. The molecule has 0 saturated heterocycles. The number of amides is 1. The molecule has 0 saturated carbocycles. The zero-order valence-electron chi connectivity index (χ0n) is 14.9. The van der Waals surface area contributed by atoms with Crippen LogP contribution in [0, 0.1) is 0 Å². The van der Waals surface area contributed by atoms with E-state index in [1.54, 1.807) is 12.1 Å². The minimum absolute atomic E-state index is 0.231. The number of nitrogens with zero attached hydrogens (tertiary/aromatic N) is 2. The van der Waals surface area contributed by atoms with Gasteiger partial charge in [-0.3, -0.25) is 28.3 Å². The van der Waals surface area contributed by atoms with Crippen LogP contribution in [0.5, 0.6) is 5.75 Å². The lowest BCUT2D eigenvalue weighted by Crippen LogP contribution is -2.41. The lowest BCUT2D eigenvalue weighted by atomic mass is 10.1. The molecule has 0 aliphatic rings. The van der Waals surface area contributed by atoms with E-state index in [9.17, 15) is 24.0 Å². The summed E-state index contributed by atoms with van der Waals surface area (Å²) < 4.78 is 6.66. The van der Waals surface area contributed by atoms with E-state index < -0.39 is 40.8 Å². The molecule has 1 aromatic heterocycles. The molecule has 0 unspecified atom stereocenters. The van der Waals surface area contributed by atoms with Gasteiger partial charge in [-0.15, -0.1) is 0 Å². The van der Waals surface area contributed by atoms with Crippen molar-refractivity contribution >= 4 is 29.0 Å². The second-order valence-electron chi connectivity index (χ2n) is 5.67. The Morgan fingerprint density at radius 1 is 1.07 bits per heavy atom. The first-order chi connectivity index (χ1) is 12.7. The number of ether oxygens (including phenoxy) is 1. The molecule has 10 heteroatoms. The minimum Gasteiger partial charge on any atom is -0.497 e. The van der Waals surface area contributed by atoms with Crippen LogP contribution >= 0.6 is 0 Å². The lowest BCUT2D eigenvalue weighted by Gasteiger charge is -2.11. The topological polar surface area (TPSA) is 142 Å². The molecule has 0 spiro atoms. The number of benzene rings is 1. The van der Waals surface area contributed by atoms with E-state index in [2.05, 4.69) is 5.32 Å². The number of ketones is 2. The quantitative estimate of drug-likeness (QED) is 0.392. The van der Waals surface area contributed by atoms with E-state index in [1.807, 2.05) is 0 Å². The summed E-state index contributed by atoms with van der Waals surface area (Å²) in [6, 6.07) is 6.03. The summed E-state index contributed by atoms with van der Waals surface area (Å²) in [5.74, 6) is -2.56. The average molecular weight is 374 g/mol. The maximum absolute atomic E-state index is 12.1. The van der Waals surface area contributed by atoms with Gasteiger partial charge in [0.15, 0.2) is 5.78 Å². The number of anilines is 2. The second-order valence-corrected chi connectivity index (χ2v) is 5.67. The molecule has 0 aliphatic carbocycles. The molecule has 3 N–H and O–H groups in total. The zero-order valence-corrected chi connectivity index (χ0v) is 14.9. The summed E-state index contributed by atoms with van der Waals surface area (Å²) in [7, 11) is 3.98. The highest BCUT2D eigenvalue weighted by Gasteiger charge is 2.22. The highest BCUT2D eigenvalue weighted by atomic mass is 16.5. The van der Waals surface area contributed by atoms with Crippen LogP contribution in [0.25, 0.3) is 0 Å². The SMILES string of the molecule is COc1ccc(C(=O)CC(=O)C(=O)Nc2c(N)n(C)c(=O)n(C)c2=O)cc1. The van der Waals surface area contributed by atoms with Crippen molar-refractivity contribution in [3.8, 4) is 5.75 Å². The number of hydrogen-bond acceptors (Lipinski definition) is 7. The standard InChI is InChI=1S/C17H18N4O6/c1-20-14(18)13(16(25)21(2)17(20)26)19-15(24)12(23)8-11(22)9-4-6-10(27-3)7-5-9/h4-7H,8,18H2,1-3H3,(H,19,24). The van der Waals surface area contributed by atoms with Crippen molar-refractivity contribution < 1.29 is 19.1 Å². The van der Waals surface area contributed by atoms with E-state index in [-0.39, 0.29) is 11.4 Å². The van der Waals surface area contributed by atoms with Crippen molar-refractivity contribution in [1.82, 2.24) is 9.13 Å². The second kappa shape index (κ2) is 7.68. The number of aromatic nitrogens is 2. The van der Waals surface area contributed by atoms with Gasteiger partial charge < -0.3 is 15.8 Å². The first kappa shape index (κ1) is 19.6. The maximum atomic E-state index is 12.1. The molecule has 0 aliphatic heterocycles. The molecule has 0 atom stereocenters. The van der Waals surface area contributed by atoms with Crippen LogP contribution in [-0.2, 0) is 23.7 Å². The van der Waals surface area contributed by atoms with Crippen LogP contribution in [0.1, 0.15) is 16.8 Å². The first-order valence-electron chi connectivity index (χ1n) is 7.74. The Morgan fingerprint density at radius 3 is 2.22 bits per heavy atom. The summed E-state index contributed by atoms with van der Waals surface area (Å²) in [6.07, 6.45) is -0.690. The van der Waals surface area contributed by atoms with Gasteiger partial charge in [0, 0.05) is 19.7 Å². The number of methoxy groups -OCH3 is 1. The van der Waals surface area contributed by atoms with Gasteiger partial charge in [-0.2, -0.15) is 0 Å². The lowest BCUT2D eigenvalue weighted by molar-refractivity contribution is -0.134. The fourth-order valence-electron chi connectivity index (χ4n) is 2.27. The molecule has 142 valence electrons. The minimum atomic E-state index is -1.18. The van der Waals surface area contributed by atoms with Crippen LogP contribution < -0.4 is 27.0 Å². The molecular weight excluding hydrogens is 356 g/mol. The van der Waals surface area contributed by atoms with Gasteiger partial charge in [0.1, 0.15) is 17.3 Å². The summed E-state index contributed by atoms with van der Waals surface area (Å²) in [6.45, 7) is 0. The predicted molar refractivity (Wildman–Crippen MR) is 96.9 cm³/mol. The molecule has 1 aromatic carbocycles. The van der Waals surface area contributed by atoms with Crippen LogP contribution in [0.3, 0.4) is 0 Å². The molecule has 10 nitrogen and oxygen atoms in total. The number of nitrogens with two attached hydrogens (primary N) is 1. The van der Waals surface area contributed by atoms with Gasteiger partial charge >= 0.3 is 5.69 Å². The largest absolute Gasteiger partial charge is 0.497 e. The monoisotopic (exact) mass is 374 g/mol. The van der Waals surface area contributed by atoms with E-state index >= 15 is 0 Å². The Hall–Kier alpha value is -3.69. The Morgan fingerprint density at radius 2 is 1.67 bits per heavy atom. The molecule has 1 heterocycles. The molecule has 2 rings (SSSR count). The van der Waals surface area contributed by atoms with Gasteiger partial charge in [-0.1, -0.05) is 0 Å². The van der Waals surface area contributed by atoms with Crippen molar-refractivity contribution in [2.45, 2.75) is 6.42 Å². The van der Waals surface area contributed by atoms with Crippen molar-refractivity contribution in [1.29, 1.82) is 0 Å². The molecule has 27 heavy (non-hydrogen) atoms. The van der Waals surface area contributed by atoms with Gasteiger partial charge in [-0.05, 0) is 24.3 Å². The Bertz CT molecular complexity index is 1030. The third-order valence-corrected chi connectivity index (χ3v) is 3.93. The fourth-order valence-corrected chi connectivity index (χ4v) is 2.27. The average Bonchev–Trinajstić information content (AvgIpc) is 2.67. The van der Waals surface area contributed by atoms with Gasteiger partial charge in [0.05, 0.1) is 13.5 Å². The van der Waals surface area contributed by atoms with E-state index in [0.717, 1.165) is 9.13 Å². The summed E-state index contributed by atoms with van der Waals surface area (Å²) >= 11 is 0. The third-order valence-electron chi connectivity index (χ3n) is 3.93. The summed E-state index contributed by atoms with van der Waals surface area (Å²) in [4.78, 5) is 60.1. The number of nitrogen functional groups attached to an aromatic ring is 1. The molecular formula is C17H18N4O6. The summed E-state index contributed by atoms with van der Waals surface area (Å²) in [5.41, 5.74) is 3.94. The van der Waals surface area contributed by atoms with Crippen molar-refractivity contribution in [2.75, 3.05) is 18.2 Å². The molecule has 0 radical (unpaired) electrons. The number of rotatable bonds is 6. The van der Waals surface area contributed by atoms with Crippen molar-refractivity contribution in [3.05, 3.63) is 50.7 Å². The van der Waals surface area contributed by atoms with Gasteiger partial charge in [-0.25, -0.2) is 4.79 Å². The Kier molecular flexibility index (Phi) is 5.59. The van der Waals surface area contributed by atoms with Crippen LogP contribution in [0.15, 0.2) is 33.9 Å². The maximum Gasteiger partial charge on any atom is 0.332 e. The van der Waals surface area contributed by atoms with E-state index in [4.69, 9.17) is 10.5 Å². The number of carbonyl (C=O) groups excluding carboxylic acids is 3. The molecule has 2 aromatic rings. The number of hydrogen-bond donors (Lipinski definition) is 2. The number of nitrogens with one attached hydrogen (secondary N) is 1. The first-order valence-corrected chi connectivity index (χ1v) is 7.74. The van der Waals surface area contributed by atoms with E-state index in [0.29, 0.717) is 5.75 Å². The smallest absolute Gasteiger partial charge is 0.332 e. The van der Waals surface area contributed by atoms with Crippen LogP contribution in [-0.4, -0.2) is 33.7 Å². The van der Waals surface area contributed by atoms with Crippen molar-refractivity contribution in [3.63, 3.8) is 0 Å². The highest BCUT2D eigenvalue weighted by Crippen LogP contribution is 2.13. The van der Waals surface area contributed by atoms with Crippen molar-refractivity contribution in [2.24, 2.45) is 14.1 Å². The van der Waals surface area contributed by atoms with Gasteiger partial charge in [0.2, 0.25) is 5.78 Å². The fraction of sp³-hybridized carbons (Fsp3) is 0.235. The Balaban J connectivity index is 2.17. The van der Waals surface area contributed by atoms with Crippen LogP contribution in [0.2, 0.25) is 0 Å². The number of Topliss-reactive ketones (excluding diaryl/α,β-unsaturated/α-hetero) is 2. The number of carbonyl (C=O) groups is 3. The summed E-state index contributed by atoms with van der Waals surface area (Å²) in [5, 5.41) is 2.08. The third kappa shape index (κ3) is 3.94. The zero-order chi connectivity index (χ0) is 20.3. The predicted octanol–water partition coefficient (Wildman–Crippen LogP) is -0.545. The molecule has 0 fully saturated rings.